The molecule has 134 valence electrons. The number of methoxy groups -OCH3 is 1. The molecule has 26 heavy (non-hydrogen) atoms. The molecule has 3 aromatic rings. The summed E-state index contributed by atoms with van der Waals surface area (Å²) in [5.74, 6) is 1.52. The topological polar surface area (TPSA) is 64.4 Å². The number of nitrogens with one attached hydrogen (secondary N) is 1. The van der Waals surface area contributed by atoms with Gasteiger partial charge >= 0.3 is 0 Å². The lowest BCUT2D eigenvalue weighted by molar-refractivity contribution is 0.295. The van der Waals surface area contributed by atoms with E-state index in [2.05, 4.69) is 15.3 Å². The lowest BCUT2D eigenvalue weighted by Crippen LogP contribution is -2.01. The number of hydrogen-bond acceptors (Lipinski definition) is 5. The lowest BCUT2D eigenvalue weighted by Gasteiger charge is -2.13. The number of halogens is 1. The fraction of sp³-hybridized carbons (Fsp3) is 0.167. The van der Waals surface area contributed by atoms with Crippen LogP contribution in [0.5, 0.6) is 11.5 Å². The molecule has 0 spiro atoms. The van der Waals surface area contributed by atoms with Gasteiger partial charge in [-0.15, -0.1) is 0 Å². The molecule has 0 saturated heterocycles. The molecule has 0 radical (unpaired) electrons. The Morgan fingerprint density at radius 2 is 2.08 bits per heavy atom. The Morgan fingerprint density at radius 3 is 2.77 bits per heavy atom. The molecule has 0 amide bonds. The first-order valence-electron chi connectivity index (χ1n) is 7.79. The van der Waals surface area contributed by atoms with E-state index < -0.39 is 0 Å². The second kappa shape index (κ2) is 8.16. The summed E-state index contributed by atoms with van der Waals surface area (Å²) in [4.78, 5) is 0. The predicted octanol–water partition coefficient (Wildman–Crippen LogP) is 4.37. The standard InChI is InChI=1S/C18H17ClN4O2S/c1-12-7-15(19)4-6-16(12)25-10-14-8-13(3-5-17(14)24-2)9-21-23-11-20-22-18(23)26/h3-9,11H,10H2,1-2H3,(H,22,26)/b21-9+. The molecule has 0 atom stereocenters. The number of aromatic amines is 1. The van der Waals surface area contributed by atoms with E-state index in [1.54, 1.807) is 19.4 Å². The van der Waals surface area contributed by atoms with Gasteiger partial charge in [0.1, 0.15) is 24.4 Å². The van der Waals surface area contributed by atoms with Crippen LogP contribution in [0.25, 0.3) is 0 Å². The number of rotatable bonds is 6. The van der Waals surface area contributed by atoms with Crippen molar-refractivity contribution in [1.29, 1.82) is 0 Å². The summed E-state index contributed by atoms with van der Waals surface area (Å²) < 4.78 is 13.3. The summed E-state index contributed by atoms with van der Waals surface area (Å²) in [5.41, 5.74) is 2.77. The van der Waals surface area contributed by atoms with Crippen molar-refractivity contribution >= 4 is 30.0 Å². The van der Waals surface area contributed by atoms with E-state index in [0.29, 0.717) is 16.4 Å². The molecule has 0 unspecified atom stereocenters. The molecule has 1 N–H and O–H groups in total. The molecule has 0 aliphatic heterocycles. The van der Waals surface area contributed by atoms with Crippen LogP contribution in [-0.4, -0.2) is 28.2 Å². The van der Waals surface area contributed by atoms with Crippen molar-refractivity contribution in [1.82, 2.24) is 14.9 Å². The maximum absolute atomic E-state index is 5.98. The van der Waals surface area contributed by atoms with Crippen molar-refractivity contribution in [2.75, 3.05) is 7.11 Å². The van der Waals surface area contributed by atoms with Crippen LogP contribution in [0.15, 0.2) is 47.8 Å². The van der Waals surface area contributed by atoms with Gasteiger partial charge < -0.3 is 9.47 Å². The van der Waals surface area contributed by atoms with Crippen molar-refractivity contribution in [2.24, 2.45) is 5.10 Å². The van der Waals surface area contributed by atoms with E-state index in [9.17, 15) is 0 Å². The lowest BCUT2D eigenvalue weighted by atomic mass is 10.1. The quantitative estimate of drug-likeness (QED) is 0.503. The normalized spacial score (nSPS) is 11.0. The Bertz CT molecular complexity index is 997. The van der Waals surface area contributed by atoms with Crippen LogP contribution in [0, 0.1) is 11.7 Å². The molecule has 0 saturated carbocycles. The van der Waals surface area contributed by atoms with Gasteiger partial charge in [-0.05, 0) is 66.7 Å². The van der Waals surface area contributed by atoms with Gasteiger partial charge in [-0.3, -0.25) is 5.10 Å². The van der Waals surface area contributed by atoms with Gasteiger partial charge in [0, 0.05) is 10.6 Å². The summed E-state index contributed by atoms with van der Waals surface area (Å²) in [6.07, 6.45) is 3.21. The second-order valence-corrected chi connectivity index (χ2v) is 6.34. The monoisotopic (exact) mass is 388 g/mol. The van der Waals surface area contributed by atoms with Crippen LogP contribution < -0.4 is 9.47 Å². The van der Waals surface area contributed by atoms with E-state index in [1.807, 2.05) is 37.3 Å². The second-order valence-electron chi connectivity index (χ2n) is 5.52. The van der Waals surface area contributed by atoms with Gasteiger partial charge in [-0.1, -0.05) is 11.6 Å². The molecule has 0 aliphatic rings. The summed E-state index contributed by atoms with van der Waals surface area (Å²) in [6, 6.07) is 11.3. The van der Waals surface area contributed by atoms with Gasteiger partial charge in [0.2, 0.25) is 4.77 Å². The molecule has 0 fully saturated rings. The smallest absolute Gasteiger partial charge is 0.216 e. The van der Waals surface area contributed by atoms with E-state index in [1.165, 1.54) is 11.0 Å². The summed E-state index contributed by atoms with van der Waals surface area (Å²) in [5, 5.41) is 11.4. The number of nitrogens with zero attached hydrogens (tertiary/aromatic N) is 3. The van der Waals surface area contributed by atoms with E-state index in [4.69, 9.17) is 33.3 Å². The summed E-state index contributed by atoms with van der Waals surface area (Å²) >= 11 is 11.0. The first-order valence-corrected chi connectivity index (χ1v) is 8.57. The van der Waals surface area contributed by atoms with Gasteiger partial charge in [-0.2, -0.15) is 14.9 Å². The van der Waals surface area contributed by atoms with Crippen molar-refractivity contribution in [3.63, 3.8) is 0 Å². The van der Waals surface area contributed by atoms with E-state index >= 15 is 0 Å². The molecule has 3 rings (SSSR count). The fourth-order valence-corrected chi connectivity index (χ4v) is 2.75. The Morgan fingerprint density at radius 1 is 1.27 bits per heavy atom. The highest BCUT2D eigenvalue weighted by Crippen LogP contribution is 2.25. The Hall–Kier alpha value is -2.64. The third-order valence-corrected chi connectivity index (χ3v) is 4.20. The van der Waals surface area contributed by atoms with Crippen LogP contribution in [0.4, 0.5) is 0 Å². The Labute approximate surface area is 161 Å². The maximum atomic E-state index is 5.98. The average Bonchev–Trinajstić information content (AvgIpc) is 3.04. The van der Waals surface area contributed by atoms with E-state index in [0.717, 1.165) is 28.2 Å². The zero-order valence-electron chi connectivity index (χ0n) is 14.3. The van der Waals surface area contributed by atoms with Crippen molar-refractivity contribution < 1.29 is 9.47 Å². The number of aromatic nitrogens is 3. The van der Waals surface area contributed by atoms with Crippen LogP contribution in [0.3, 0.4) is 0 Å². The van der Waals surface area contributed by atoms with Crippen molar-refractivity contribution in [2.45, 2.75) is 13.5 Å². The maximum Gasteiger partial charge on any atom is 0.216 e. The molecule has 1 aromatic heterocycles. The zero-order chi connectivity index (χ0) is 18.5. The van der Waals surface area contributed by atoms with Gasteiger partial charge in [0.25, 0.3) is 0 Å². The first kappa shape index (κ1) is 18.2. The Kier molecular flexibility index (Phi) is 5.70. The van der Waals surface area contributed by atoms with Crippen molar-refractivity contribution in [3.05, 3.63) is 69.2 Å². The van der Waals surface area contributed by atoms with Crippen LogP contribution in [0.2, 0.25) is 5.02 Å². The largest absolute Gasteiger partial charge is 0.496 e. The minimum atomic E-state index is 0.360. The fourth-order valence-electron chi connectivity index (χ4n) is 2.38. The van der Waals surface area contributed by atoms with Gasteiger partial charge in [-0.25, -0.2) is 0 Å². The molecule has 0 aliphatic carbocycles. The molecule has 0 bridgehead atoms. The predicted molar refractivity (Wildman–Crippen MR) is 104 cm³/mol. The minimum Gasteiger partial charge on any atom is -0.496 e. The first-order chi connectivity index (χ1) is 12.6. The number of hydrogen-bond donors (Lipinski definition) is 1. The summed E-state index contributed by atoms with van der Waals surface area (Å²) in [6.45, 7) is 2.31. The average molecular weight is 389 g/mol. The third kappa shape index (κ3) is 4.30. The van der Waals surface area contributed by atoms with E-state index in [-0.39, 0.29) is 0 Å². The van der Waals surface area contributed by atoms with Crippen LogP contribution >= 0.6 is 23.8 Å². The van der Waals surface area contributed by atoms with Gasteiger partial charge in [0.15, 0.2) is 0 Å². The highest BCUT2D eigenvalue weighted by Gasteiger charge is 2.07. The summed E-state index contributed by atoms with van der Waals surface area (Å²) in [7, 11) is 1.63. The van der Waals surface area contributed by atoms with Crippen LogP contribution in [0.1, 0.15) is 16.7 Å². The van der Waals surface area contributed by atoms with Crippen LogP contribution in [-0.2, 0) is 6.61 Å². The van der Waals surface area contributed by atoms with Crippen molar-refractivity contribution in [3.8, 4) is 11.5 Å². The molecule has 1 heterocycles. The number of aryl methyl sites for hydroxylation is 1. The molecular weight excluding hydrogens is 372 g/mol. The molecule has 8 heteroatoms. The SMILES string of the molecule is COc1ccc(/C=N/n2cn[nH]c2=S)cc1COc1ccc(Cl)cc1C. The minimum absolute atomic E-state index is 0.360. The highest BCUT2D eigenvalue weighted by atomic mass is 35.5. The highest BCUT2D eigenvalue weighted by molar-refractivity contribution is 7.71. The number of H-pyrrole nitrogens is 1. The molecule has 2 aromatic carbocycles. The number of benzene rings is 2. The van der Waals surface area contributed by atoms with Gasteiger partial charge in [0.05, 0.1) is 13.3 Å². The number of ether oxygens (including phenoxy) is 2. The molecular formula is C18H17ClN4O2S. The zero-order valence-corrected chi connectivity index (χ0v) is 15.8. The molecule has 6 nitrogen and oxygen atoms in total. The Balaban J connectivity index is 1.80. The third-order valence-electron chi connectivity index (χ3n) is 3.69.